The number of sulfone groups is 1. The summed E-state index contributed by atoms with van der Waals surface area (Å²) < 4.78 is 29.8. The molecule has 2 rings (SSSR count). The highest BCUT2D eigenvalue weighted by Crippen LogP contribution is 2.18. The fraction of sp³-hybridized carbons (Fsp3) is 0.750. The van der Waals surface area contributed by atoms with Crippen LogP contribution in [0.2, 0.25) is 0 Å². The van der Waals surface area contributed by atoms with Gasteiger partial charge >= 0.3 is 0 Å². The van der Waals surface area contributed by atoms with E-state index >= 15 is 0 Å². The summed E-state index contributed by atoms with van der Waals surface area (Å²) in [7, 11) is -1.11. The minimum absolute atomic E-state index is 0.203. The Morgan fingerprint density at radius 2 is 2.42 bits per heavy atom. The largest absolute Gasteiger partial charge is 0.385 e. The summed E-state index contributed by atoms with van der Waals surface area (Å²) in [5.41, 5.74) is 0. The first-order valence-electron chi connectivity index (χ1n) is 6.55. The van der Waals surface area contributed by atoms with Gasteiger partial charge in [0, 0.05) is 39.2 Å². The zero-order valence-electron chi connectivity index (χ0n) is 11.2. The predicted octanol–water partition coefficient (Wildman–Crippen LogP) is 0.766. The second-order valence-corrected chi connectivity index (χ2v) is 7.17. The standard InChI is InChI=1S/C12H21N3O3S/c1-18-7-2-5-15-6-4-13-12(15)14-9-11-3-8-19(16,17)10-11/h4,6,11H,2-3,5,7-10H2,1H3,(H,13,14). The highest BCUT2D eigenvalue weighted by Gasteiger charge is 2.27. The van der Waals surface area contributed by atoms with Gasteiger partial charge in [0.05, 0.1) is 11.5 Å². The Morgan fingerprint density at radius 3 is 3.11 bits per heavy atom. The third kappa shape index (κ3) is 4.21. The van der Waals surface area contributed by atoms with Crippen LogP contribution >= 0.6 is 0 Å². The number of aromatic nitrogens is 2. The number of aryl methyl sites for hydroxylation is 1. The molecule has 1 fully saturated rings. The molecular weight excluding hydrogens is 266 g/mol. The van der Waals surface area contributed by atoms with Crippen molar-refractivity contribution < 1.29 is 13.2 Å². The quantitative estimate of drug-likeness (QED) is 0.750. The van der Waals surface area contributed by atoms with Gasteiger partial charge in [-0.3, -0.25) is 0 Å². The maximum Gasteiger partial charge on any atom is 0.202 e. The van der Waals surface area contributed by atoms with E-state index in [4.69, 9.17) is 4.74 Å². The molecule has 6 nitrogen and oxygen atoms in total. The minimum Gasteiger partial charge on any atom is -0.385 e. The lowest BCUT2D eigenvalue weighted by Crippen LogP contribution is -2.18. The fourth-order valence-corrected chi connectivity index (χ4v) is 4.17. The average molecular weight is 287 g/mol. The fourth-order valence-electron chi connectivity index (χ4n) is 2.30. The van der Waals surface area contributed by atoms with Crippen LogP contribution in [0.5, 0.6) is 0 Å². The zero-order valence-corrected chi connectivity index (χ0v) is 12.0. The second kappa shape index (κ2) is 6.38. The lowest BCUT2D eigenvalue weighted by Gasteiger charge is -2.12. The molecule has 1 aliphatic heterocycles. The van der Waals surface area contributed by atoms with Crippen LogP contribution in [-0.2, 0) is 21.1 Å². The number of anilines is 1. The normalized spacial score (nSPS) is 21.6. The van der Waals surface area contributed by atoms with Crippen molar-refractivity contribution >= 4 is 15.8 Å². The SMILES string of the molecule is COCCCn1ccnc1NCC1CCS(=O)(=O)C1. The van der Waals surface area contributed by atoms with Gasteiger partial charge in [-0.1, -0.05) is 0 Å². The predicted molar refractivity (Wildman–Crippen MR) is 74.0 cm³/mol. The number of ether oxygens (including phenoxy) is 1. The van der Waals surface area contributed by atoms with Crippen LogP contribution in [0.4, 0.5) is 5.95 Å². The van der Waals surface area contributed by atoms with Crippen molar-refractivity contribution in [2.45, 2.75) is 19.4 Å². The maximum absolute atomic E-state index is 11.4. The number of hydrogen-bond acceptors (Lipinski definition) is 5. The van der Waals surface area contributed by atoms with E-state index in [0.29, 0.717) is 18.1 Å². The summed E-state index contributed by atoms with van der Waals surface area (Å²) in [6.07, 6.45) is 5.35. The molecule has 7 heteroatoms. The van der Waals surface area contributed by atoms with Gasteiger partial charge in [-0.25, -0.2) is 13.4 Å². The monoisotopic (exact) mass is 287 g/mol. The molecule has 0 spiro atoms. The van der Waals surface area contributed by atoms with Crippen LogP contribution in [0.25, 0.3) is 0 Å². The minimum atomic E-state index is -2.80. The number of nitrogens with zero attached hydrogens (tertiary/aromatic N) is 2. The molecule has 0 amide bonds. The summed E-state index contributed by atoms with van der Waals surface area (Å²) >= 11 is 0. The van der Waals surface area contributed by atoms with E-state index < -0.39 is 9.84 Å². The van der Waals surface area contributed by atoms with Crippen LogP contribution in [0, 0.1) is 5.92 Å². The molecular formula is C12H21N3O3S. The number of rotatable bonds is 7. The van der Waals surface area contributed by atoms with Gasteiger partial charge in [-0.2, -0.15) is 0 Å². The molecule has 1 saturated heterocycles. The molecule has 1 aromatic heterocycles. The Labute approximate surface area is 114 Å². The van der Waals surface area contributed by atoms with Crippen LogP contribution in [0.1, 0.15) is 12.8 Å². The Morgan fingerprint density at radius 1 is 1.58 bits per heavy atom. The molecule has 1 aromatic rings. The molecule has 0 saturated carbocycles. The molecule has 0 aromatic carbocycles. The molecule has 2 heterocycles. The van der Waals surface area contributed by atoms with Crippen LogP contribution < -0.4 is 5.32 Å². The summed E-state index contributed by atoms with van der Waals surface area (Å²) in [4.78, 5) is 4.25. The first-order valence-corrected chi connectivity index (χ1v) is 8.37. The molecule has 108 valence electrons. The number of imidazole rings is 1. The van der Waals surface area contributed by atoms with E-state index in [1.807, 2.05) is 10.8 Å². The number of methoxy groups -OCH3 is 1. The summed E-state index contributed by atoms with van der Waals surface area (Å²) in [5, 5.41) is 3.25. The summed E-state index contributed by atoms with van der Waals surface area (Å²) in [5.74, 6) is 1.63. The van der Waals surface area contributed by atoms with Gasteiger partial charge in [-0.05, 0) is 18.8 Å². The first-order chi connectivity index (χ1) is 9.11. The molecule has 1 aliphatic rings. The lowest BCUT2D eigenvalue weighted by molar-refractivity contribution is 0.190. The zero-order chi connectivity index (χ0) is 13.7. The third-order valence-electron chi connectivity index (χ3n) is 3.34. The molecule has 0 bridgehead atoms. The van der Waals surface area contributed by atoms with E-state index in [2.05, 4.69) is 10.3 Å². The van der Waals surface area contributed by atoms with Crippen molar-refractivity contribution in [1.29, 1.82) is 0 Å². The Balaban J connectivity index is 1.81. The van der Waals surface area contributed by atoms with E-state index in [9.17, 15) is 8.42 Å². The summed E-state index contributed by atoms with van der Waals surface area (Å²) in [6.45, 7) is 2.23. The average Bonchev–Trinajstić information content (AvgIpc) is 2.93. The van der Waals surface area contributed by atoms with Crippen molar-refractivity contribution in [1.82, 2.24) is 9.55 Å². The van der Waals surface area contributed by atoms with Crippen molar-refractivity contribution in [2.75, 3.05) is 37.1 Å². The number of nitrogens with one attached hydrogen (secondary N) is 1. The van der Waals surface area contributed by atoms with E-state index in [1.165, 1.54) is 0 Å². The highest BCUT2D eigenvalue weighted by molar-refractivity contribution is 7.91. The Hall–Kier alpha value is -1.08. The molecule has 1 atom stereocenters. The third-order valence-corrected chi connectivity index (χ3v) is 5.18. The van der Waals surface area contributed by atoms with Crippen molar-refractivity contribution in [3.8, 4) is 0 Å². The van der Waals surface area contributed by atoms with Crippen molar-refractivity contribution in [3.63, 3.8) is 0 Å². The Kier molecular flexibility index (Phi) is 4.81. The smallest absolute Gasteiger partial charge is 0.202 e. The van der Waals surface area contributed by atoms with Gasteiger partial charge in [0.25, 0.3) is 0 Å². The molecule has 0 aliphatic carbocycles. The number of hydrogen-bond donors (Lipinski definition) is 1. The van der Waals surface area contributed by atoms with E-state index in [1.54, 1.807) is 13.3 Å². The first kappa shape index (κ1) is 14.3. The van der Waals surface area contributed by atoms with Gasteiger partial charge in [0.15, 0.2) is 9.84 Å². The van der Waals surface area contributed by atoms with Crippen LogP contribution in [0.3, 0.4) is 0 Å². The molecule has 1 N–H and O–H groups in total. The maximum atomic E-state index is 11.4. The highest BCUT2D eigenvalue weighted by atomic mass is 32.2. The van der Waals surface area contributed by atoms with E-state index in [-0.39, 0.29) is 5.92 Å². The van der Waals surface area contributed by atoms with E-state index in [0.717, 1.165) is 31.9 Å². The molecule has 1 unspecified atom stereocenters. The lowest BCUT2D eigenvalue weighted by atomic mass is 10.1. The van der Waals surface area contributed by atoms with Gasteiger partial charge in [0.2, 0.25) is 5.95 Å². The Bertz CT molecular complexity index is 498. The summed E-state index contributed by atoms with van der Waals surface area (Å²) in [6, 6.07) is 0. The van der Waals surface area contributed by atoms with Gasteiger partial charge < -0.3 is 14.6 Å². The van der Waals surface area contributed by atoms with Crippen molar-refractivity contribution in [3.05, 3.63) is 12.4 Å². The topological polar surface area (TPSA) is 73.2 Å². The molecule has 0 radical (unpaired) electrons. The second-order valence-electron chi connectivity index (χ2n) is 4.94. The van der Waals surface area contributed by atoms with Gasteiger partial charge in [-0.15, -0.1) is 0 Å². The van der Waals surface area contributed by atoms with Crippen LogP contribution in [0.15, 0.2) is 12.4 Å². The van der Waals surface area contributed by atoms with Crippen LogP contribution in [-0.4, -0.2) is 49.7 Å². The van der Waals surface area contributed by atoms with Gasteiger partial charge in [0.1, 0.15) is 0 Å². The van der Waals surface area contributed by atoms with Crippen molar-refractivity contribution in [2.24, 2.45) is 5.92 Å². The molecule has 19 heavy (non-hydrogen) atoms.